The third-order valence-electron chi connectivity index (χ3n) is 2.74. The summed E-state index contributed by atoms with van der Waals surface area (Å²) >= 11 is 6.96. The molecule has 0 amide bonds. The zero-order chi connectivity index (χ0) is 14.5. The van der Waals surface area contributed by atoms with Gasteiger partial charge >= 0.3 is 0 Å². The van der Waals surface area contributed by atoms with Crippen molar-refractivity contribution < 1.29 is 9.47 Å². The Hall–Kier alpha value is -1.27. The highest BCUT2D eigenvalue weighted by atomic mass is 79.9. The third-order valence-corrected chi connectivity index (χ3v) is 3.93. The van der Waals surface area contributed by atoms with Crippen LogP contribution in [-0.2, 0) is 6.54 Å². The van der Waals surface area contributed by atoms with E-state index in [1.165, 1.54) is 0 Å². The van der Waals surface area contributed by atoms with Gasteiger partial charge in [0.05, 0.1) is 20.8 Å². The lowest BCUT2D eigenvalue weighted by Crippen LogP contribution is -2.05. The Balaban J connectivity index is 2.20. The van der Waals surface area contributed by atoms with Crippen molar-refractivity contribution in [1.29, 1.82) is 0 Å². The Kier molecular flexibility index (Phi) is 5.25. The maximum Gasteiger partial charge on any atom is 0.184 e. The zero-order valence-electron chi connectivity index (χ0n) is 11.1. The summed E-state index contributed by atoms with van der Waals surface area (Å²) in [5.74, 6) is 1.32. The van der Waals surface area contributed by atoms with Gasteiger partial charge in [-0.15, -0.1) is 0 Å². The second-order valence-corrected chi connectivity index (χ2v) is 5.74. The largest absolute Gasteiger partial charge is 0.493 e. The minimum atomic E-state index is 0.537. The first-order chi connectivity index (χ1) is 9.65. The molecular formula is C14H14Br2N2O2. The molecule has 1 N–H and O–H groups in total. The molecule has 20 heavy (non-hydrogen) atoms. The zero-order valence-corrected chi connectivity index (χ0v) is 14.3. The summed E-state index contributed by atoms with van der Waals surface area (Å²) in [5.41, 5.74) is 1.77. The second kappa shape index (κ2) is 6.95. The van der Waals surface area contributed by atoms with Crippen LogP contribution < -0.4 is 14.8 Å². The molecule has 0 aliphatic heterocycles. The highest BCUT2D eigenvalue weighted by molar-refractivity contribution is 9.11. The van der Waals surface area contributed by atoms with Crippen molar-refractivity contribution in [2.75, 3.05) is 19.5 Å². The van der Waals surface area contributed by atoms with Gasteiger partial charge in [-0.25, -0.2) is 0 Å². The van der Waals surface area contributed by atoms with Gasteiger partial charge < -0.3 is 14.8 Å². The van der Waals surface area contributed by atoms with Gasteiger partial charge in [-0.3, -0.25) is 4.98 Å². The molecule has 0 spiro atoms. The molecule has 4 nitrogen and oxygen atoms in total. The Morgan fingerprint density at radius 3 is 2.65 bits per heavy atom. The first-order valence-corrected chi connectivity index (χ1v) is 7.49. The molecule has 1 heterocycles. The van der Waals surface area contributed by atoms with E-state index >= 15 is 0 Å². The van der Waals surface area contributed by atoms with E-state index < -0.39 is 0 Å². The van der Waals surface area contributed by atoms with Gasteiger partial charge in [0.25, 0.3) is 0 Å². The molecule has 1 aromatic heterocycles. The van der Waals surface area contributed by atoms with E-state index in [1.807, 2.05) is 18.2 Å². The van der Waals surface area contributed by atoms with Gasteiger partial charge in [-0.05, 0) is 34.1 Å². The standard InChI is InChI=1S/C14H14Br2N2O2/c1-19-13-5-6-17-12(14(13)20-2)8-18-11-7-9(15)3-4-10(11)16/h3-7,18H,8H2,1-2H3. The van der Waals surface area contributed by atoms with E-state index in [1.54, 1.807) is 26.5 Å². The first-order valence-electron chi connectivity index (χ1n) is 5.90. The van der Waals surface area contributed by atoms with Gasteiger partial charge in [0.1, 0.15) is 5.69 Å². The molecule has 0 saturated heterocycles. The van der Waals surface area contributed by atoms with E-state index in [4.69, 9.17) is 9.47 Å². The Morgan fingerprint density at radius 1 is 1.15 bits per heavy atom. The number of aromatic nitrogens is 1. The number of halogens is 2. The summed E-state index contributed by atoms with van der Waals surface area (Å²) in [6.45, 7) is 0.537. The number of hydrogen-bond acceptors (Lipinski definition) is 4. The van der Waals surface area contributed by atoms with Crippen LogP contribution in [0.5, 0.6) is 11.5 Å². The van der Waals surface area contributed by atoms with Gasteiger partial charge in [0.2, 0.25) is 0 Å². The van der Waals surface area contributed by atoms with Crippen molar-refractivity contribution in [3.05, 3.63) is 45.1 Å². The van der Waals surface area contributed by atoms with Crippen molar-refractivity contribution in [3.8, 4) is 11.5 Å². The highest BCUT2D eigenvalue weighted by Crippen LogP contribution is 2.31. The predicted octanol–water partition coefficient (Wildman–Crippen LogP) is 4.24. The van der Waals surface area contributed by atoms with Crippen molar-refractivity contribution >= 4 is 37.5 Å². The molecule has 0 bridgehead atoms. The summed E-state index contributed by atoms with van der Waals surface area (Å²) in [6, 6.07) is 7.72. The minimum Gasteiger partial charge on any atom is -0.493 e. The number of nitrogens with zero attached hydrogens (tertiary/aromatic N) is 1. The summed E-state index contributed by atoms with van der Waals surface area (Å²) in [6.07, 6.45) is 1.70. The predicted molar refractivity (Wildman–Crippen MR) is 86.5 cm³/mol. The molecule has 106 valence electrons. The molecule has 1 aromatic carbocycles. The molecule has 0 unspecified atom stereocenters. The fourth-order valence-electron chi connectivity index (χ4n) is 1.79. The van der Waals surface area contributed by atoms with E-state index in [0.29, 0.717) is 18.0 Å². The van der Waals surface area contributed by atoms with Crippen LogP contribution in [0.15, 0.2) is 39.4 Å². The molecule has 0 fully saturated rings. The number of rotatable bonds is 5. The number of pyridine rings is 1. The van der Waals surface area contributed by atoms with Gasteiger partial charge in [0, 0.05) is 26.9 Å². The number of nitrogens with one attached hydrogen (secondary N) is 1. The van der Waals surface area contributed by atoms with E-state index in [9.17, 15) is 0 Å². The topological polar surface area (TPSA) is 43.4 Å². The fraction of sp³-hybridized carbons (Fsp3) is 0.214. The van der Waals surface area contributed by atoms with Crippen LogP contribution >= 0.6 is 31.9 Å². The highest BCUT2D eigenvalue weighted by Gasteiger charge is 2.11. The first kappa shape index (κ1) is 15.1. The molecule has 0 saturated carbocycles. The van der Waals surface area contributed by atoms with Crippen molar-refractivity contribution in [3.63, 3.8) is 0 Å². The number of methoxy groups -OCH3 is 2. The summed E-state index contributed by atoms with van der Waals surface area (Å²) in [5, 5.41) is 3.32. The van der Waals surface area contributed by atoms with Crippen molar-refractivity contribution in [2.45, 2.75) is 6.54 Å². The Labute approximate surface area is 134 Å². The number of hydrogen-bond donors (Lipinski definition) is 1. The monoisotopic (exact) mass is 400 g/mol. The van der Waals surface area contributed by atoms with Crippen molar-refractivity contribution in [1.82, 2.24) is 4.98 Å². The normalized spacial score (nSPS) is 10.2. The smallest absolute Gasteiger partial charge is 0.184 e. The quantitative estimate of drug-likeness (QED) is 0.813. The molecule has 0 radical (unpaired) electrons. The minimum absolute atomic E-state index is 0.537. The van der Waals surface area contributed by atoms with Crippen LogP contribution in [0.3, 0.4) is 0 Å². The lowest BCUT2D eigenvalue weighted by Gasteiger charge is -2.13. The van der Waals surface area contributed by atoms with Crippen LogP contribution in [0, 0.1) is 0 Å². The number of anilines is 1. The van der Waals surface area contributed by atoms with E-state index in [-0.39, 0.29) is 0 Å². The summed E-state index contributed by atoms with van der Waals surface area (Å²) in [7, 11) is 3.22. The van der Waals surface area contributed by atoms with Gasteiger partial charge in [0.15, 0.2) is 11.5 Å². The number of benzene rings is 1. The van der Waals surface area contributed by atoms with Crippen LogP contribution in [-0.4, -0.2) is 19.2 Å². The maximum absolute atomic E-state index is 5.36. The summed E-state index contributed by atoms with van der Waals surface area (Å²) < 4.78 is 12.6. The van der Waals surface area contributed by atoms with Crippen LogP contribution in [0.1, 0.15) is 5.69 Å². The molecular weight excluding hydrogens is 388 g/mol. The molecule has 0 atom stereocenters. The van der Waals surface area contributed by atoms with E-state index in [2.05, 4.69) is 42.2 Å². The van der Waals surface area contributed by atoms with Crippen LogP contribution in [0.2, 0.25) is 0 Å². The lowest BCUT2D eigenvalue weighted by atomic mass is 10.2. The average Bonchev–Trinajstić information content (AvgIpc) is 2.47. The van der Waals surface area contributed by atoms with Gasteiger partial charge in [-0.2, -0.15) is 0 Å². The maximum atomic E-state index is 5.36. The second-order valence-electron chi connectivity index (χ2n) is 3.97. The molecule has 6 heteroatoms. The lowest BCUT2D eigenvalue weighted by molar-refractivity contribution is 0.350. The third kappa shape index (κ3) is 3.43. The average molecular weight is 402 g/mol. The molecule has 2 aromatic rings. The SMILES string of the molecule is COc1ccnc(CNc2cc(Br)ccc2Br)c1OC. The van der Waals surface area contributed by atoms with E-state index in [0.717, 1.165) is 20.3 Å². The summed E-state index contributed by atoms with van der Waals surface area (Å²) in [4.78, 5) is 4.33. The van der Waals surface area contributed by atoms with Crippen LogP contribution in [0.25, 0.3) is 0 Å². The molecule has 0 aliphatic carbocycles. The van der Waals surface area contributed by atoms with Gasteiger partial charge in [-0.1, -0.05) is 15.9 Å². The fourth-order valence-corrected chi connectivity index (χ4v) is 2.54. The Morgan fingerprint density at radius 2 is 1.95 bits per heavy atom. The van der Waals surface area contributed by atoms with Crippen LogP contribution in [0.4, 0.5) is 5.69 Å². The Bertz CT molecular complexity index is 606. The van der Waals surface area contributed by atoms with Crippen molar-refractivity contribution in [2.24, 2.45) is 0 Å². The molecule has 2 rings (SSSR count). The number of ether oxygens (including phenoxy) is 2. The molecule has 0 aliphatic rings.